The molecule has 0 aliphatic carbocycles. The molecule has 21 heavy (non-hydrogen) atoms. The molecule has 106 valence electrons. The summed E-state index contributed by atoms with van der Waals surface area (Å²) < 4.78 is 13.5. The third-order valence-corrected chi connectivity index (χ3v) is 4.52. The quantitative estimate of drug-likeness (QED) is 0.698. The summed E-state index contributed by atoms with van der Waals surface area (Å²) in [5.41, 5.74) is 0.859. The highest BCUT2D eigenvalue weighted by atomic mass is 32.2. The van der Waals surface area contributed by atoms with Crippen molar-refractivity contribution in [3.8, 4) is 0 Å². The van der Waals surface area contributed by atoms with Gasteiger partial charge in [-0.15, -0.1) is 11.8 Å². The van der Waals surface area contributed by atoms with Crippen molar-refractivity contribution in [3.05, 3.63) is 78.1 Å². The van der Waals surface area contributed by atoms with Gasteiger partial charge in [-0.05, 0) is 34.5 Å². The Bertz CT molecular complexity index is 757. The van der Waals surface area contributed by atoms with Gasteiger partial charge < -0.3 is 5.11 Å². The number of benzene rings is 3. The van der Waals surface area contributed by atoms with Crippen molar-refractivity contribution in [2.75, 3.05) is 5.75 Å². The lowest BCUT2D eigenvalue weighted by Crippen LogP contribution is -2.00. The van der Waals surface area contributed by atoms with Gasteiger partial charge in [0.05, 0.1) is 6.10 Å². The number of thioether (sulfide) groups is 1. The highest BCUT2D eigenvalue weighted by Gasteiger charge is 2.10. The number of fused-ring (bicyclic) bond motifs is 1. The summed E-state index contributed by atoms with van der Waals surface area (Å²) >= 11 is 1.33. The first-order chi connectivity index (χ1) is 10.2. The monoisotopic (exact) mass is 298 g/mol. The number of hydrogen-bond acceptors (Lipinski definition) is 2. The van der Waals surface area contributed by atoms with Crippen LogP contribution in [0, 0.1) is 5.82 Å². The molecule has 0 bridgehead atoms. The second-order valence-electron chi connectivity index (χ2n) is 4.86. The fourth-order valence-electron chi connectivity index (χ4n) is 2.24. The Labute approximate surface area is 127 Å². The van der Waals surface area contributed by atoms with Crippen LogP contribution in [0.5, 0.6) is 0 Å². The van der Waals surface area contributed by atoms with Gasteiger partial charge in [-0.1, -0.05) is 48.5 Å². The molecule has 0 aliphatic heterocycles. The van der Waals surface area contributed by atoms with Gasteiger partial charge in [0.25, 0.3) is 0 Å². The molecule has 3 aromatic carbocycles. The Balaban J connectivity index is 1.75. The molecule has 3 heteroatoms. The van der Waals surface area contributed by atoms with Gasteiger partial charge in [-0.3, -0.25) is 0 Å². The van der Waals surface area contributed by atoms with Crippen LogP contribution in [0.15, 0.2) is 71.6 Å². The van der Waals surface area contributed by atoms with E-state index in [-0.39, 0.29) is 5.82 Å². The normalized spacial score (nSPS) is 12.5. The molecule has 0 fully saturated rings. The molecular weight excluding hydrogens is 283 g/mol. The molecule has 0 radical (unpaired) electrons. The Morgan fingerprint density at radius 2 is 1.62 bits per heavy atom. The first kappa shape index (κ1) is 14.1. The van der Waals surface area contributed by atoms with Gasteiger partial charge in [0.15, 0.2) is 0 Å². The fourth-order valence-corrected chi connectivity index (χ4v) is 3.15. The second-order valence-corrected chi connectivity index (χ2v) is 5.93. The van der Waals surface area contributed by atoms with Gasteiger partial charge in [-0.2, -0.15) is 0 Å². The van der Waals surface area contributed by atoms with Crippen molar-refractivity contribution in [2.45, 2.75) is 11.0 Å². The summed E-state index contributed by atoms with van der Waals surface area (Å²) in [6.07, 6.45) is -0.612. The zero-order chi connectivity index (χ0) is 14.7. The van der Waals surface area contributed by atoms with Crippen LogP contribution in [0.4, 0.5) is 4.39 Å². The minimum absolute atomic E-state index is 0.242. The third-order valence-electron chi connectivity index (χ3n) is 3.39. The predicted molar refractivity (Wildman–Crippen MR) is 86.0 cm³/mol. The van der Waals surface area contributed by atoms with Crippen LogP contribution in [-0.4, -0.2) is 10.9 Å². The molecular formula is C18H15FOS. The van der Waals surface area contributed by atoms with Gasteiger partial charge in [-0.25, -0.2) is 4.39 Å². The molecule has 1 N–H and O–H groups in total. The Hall–Kier alpha value is -1.84. The molecule has 0 aromatic heterocycles. The third kappa shape index (κ3) is 3.26. The van der Waals surface area contributed by atoms with Crippen LogP contribution in [0.1, 0.15) is 11.7 Å². The fraction of sp³-hybridized carbons (Fsp3) is 0.111. The lowest BCUT2D eigenvalue weighted by atomic mass is 10.0. The van der Waals surface area contributed by atoms with E-state index in [9.17, 15) is 9.50 Å². The van der Waals surface area contributed by atoms with Gasteiger partial charge in [0, 0.05) is 10.6 Å². The maximum Gasteiger partial charge on any atom is 0.136 e. The lowest BCUT2D eigenvalue weighted by molar-refractivity contribution is 0.204. The van der Waals surface area contributed by atoms with Gasteiger partial charge >= 0.3 is 0 Å². The smallest absolute Gasteiger partial charge is 0.136 e. The van der Waals surface area contributed by atoms with E-state index in [1.165, 1.54) is 17.8 Å². The minimum Gasteiger partial charge on any atom is -0.388 e. The summed E-state index contributed by atoms with van der Waals surface area (Å²) in [6, 6.07) is 20.6. The van der Waals surface area contributed by atoms with Crippen molar-refractivity contribution < 1.29 is 9.50 Å². The highest BCUT2D eigenvalue weighted by molar-refractivity contribution is 7.99. The van der Waals surface area contributed by atoms with Crippen molar-refractivity contribution >= 4 is 22.5 Å². The Kier molecular flexibility index (Phi) is 4.23. The molecule has 0 spiro atoms. The molecule has 0 saturated carbocycles. The first-order valence-electron chi connectivity index (χ1n) is 6.78. The highest BCUT2D eigenvalue weighted by Crippen LogP contribution is 2.28. The van der Waals surface area contributed by atoms with E-state index >= 15 is 0 Å². The van der Waals surface area contributed by atoms with Crippen LogP contribution in [0.25, 0.3) is 10.8 Å². The molecule has 0 heterocycles. The SMILES string of the molecule is OC(CSc1ccccc1F)c1ccc2ccccc2c1. The van der Waals surface area contributed by atoms with E-state index in [0.29, 0.717) is 10.6 Å². The van der Waals surface area contributed by atoms with Crippen molar-refractivity contribution in [1.82, 2.24) is 0 Å². The van der Waals surface area contributed by atoms with Crippen LogP contribution >= 0.6 is 11.8 Å². The second kappa shape index (κ2) is 6.29. The van der Waals surface area contributed by atoms with Gasteiger partial charge in [0.2, 0.25) is 0 Å². The number of hydrogen-bond donors (Lipinski definition) is 1. The summed E-state index contributed by atoms with van der Waals surface area (Å²) in [4.78, 5) is 0.567. The van der Waals surface area contributed by atoms with Crippen LogP contribution in [0.2, 0.25) is 0 Å². The standard InChI is InChI=1S/C18H15FOS/c19-16-7-3-4-8-18(16)21-12-17(20)15-10-9-13-5-1-2-6-14(13)11-15/h1-11,17,20H,12H2. The van der Waals surface area contributed by atoms with E-state index in [1.807, 2.05) is 42.5 Å². The van der Waals surface area contributed by atoms with E-state index in [2.05, 4.69) is 0 Å². The number of aliphatic hydroxyl groups excluding tert-OH is 1. The lowest BCUT2D eigenvalue weighted by Gasteiger charge is -2.12. The van der Waals surface area contributed by atoms with E-state index < -0.39 is 6.10 Å². The van der Waals surface area contributed by atoms with Crippen LogP contribution in [-0.2, 0) is 0 Å². The average molecular weight is 298 g/mol. The summed E-state index contributed by atoms with van der Waals surface area (Å²) in [5.74, 6) is 0.187. The molecule has 3 rings (SSSR count). The average Bonchev–Trinajstić information content (AvgIpc) is 2.53. The Morgan fingerprint density at radius 3 is 2.43 bits per heavy atom. The molecule has 0 aliphatic rings. The molecule has 0 saturated heterocycles. The topological polar surface area (TPSA) is 20.2 Å². The number of rotatable bonds is 4. The molecule has 1 nitrogen and oxygen atoms in total. The number of aliphatic hydroxyl groups is 1. The number of halogens is 1. The summed E-state index contributed by atoms with van der Waals surface area (Å²) in [5, 5.41) is 12.5. The van der Waals surface area contributed by atoms with Crippen molar-refractivity contribution in [3.63, 3.8) is 0 Å². The van der Waals surface area contributed by atoms with Crippen LogP contribution in [0.3, 0.4) is 0 Å². The maximum atomic E-state index is 13.5. The molecule has 1 atom stereocenters. The first-order valence-corrected chi connectivity index (χ1v) is 7.77. The molecule has 3 aromatic rings. The van der Waals surface area contributed by atoms with Crippen LogP contribution < -0.4 is 0 Å². The molecule has 0 amide bonds. The van der Waals surface area contributed by atoms with Gasteiger partial charge in [0.1, 0.15) is 5.82 Å². The van der Waals surface area contributed by atoms with Crippen molar-refractivity contribution in [1.29, 1.82) is 0 Å². The van der Waals surface area contributed by atoms with E-state index in [1.54, 1.807) is 18.2 Å². The summed E-state index contributed by atoms with van der Waals surface area (Å²) in [6.45, 7) is 0. The minimum atomic E-state index is -0.612. The van der Waals surface area contributed by atoms with Crippen molar-refractivity contribution in [2.24, 2.45) is 0 Å². The maximum absolute atomic E-state index is 13.5. The zero-order valence-corrected chi connectivity index (χ0v) is 12.2. The van der Waals surface area contributed by atoms with E-state index in [4.69, 9.17) is 0 Å². The Morgan fingerprint density at radius 1 is 0.905 bits per heavy atom. The van der Waals surface area contributed by atoms with E-state index in [0.717, 1.165) is 16.3 Å². The summed E-state index contributed by atoms with van der Waals surface area (Å²) in [7, 11) is 0. The zero-order valence-electron chi connectivity index (χ0n) is 11.4. The largest absolute Gasteiger partial charge is 0.388 e. The predicted octanol–water partition coefficient (Wildman–Crippen LogP) is 4.80. The molecule has 1 unspecified atom stereocenters.